The maximum Gasteiger partial charge on any atom is 0.307 e. The highest BCUT2D eigenvalue weighted by Crippen LogP contribution is 2.33. The Balaban J connectivity index is 1.61. The van der Waals surface area contributed by atoms with Crippen molar-refractivity contribution in [3.05, 3.63) is 40.1 Å². The van der Waals surface area contributed by atoms with Crippen molar-refractivity contribution in [1.82, 2.24) is 20.0 Å². The van der Waals surface area contributed by atoms with Gasteiger partial charge in [-0.2, -0.15) is 0 Å². The number of hydrogen-bond acceptors (Lipinski definition) is 13. The first-order valence-electron chi connectivity index (χ1n) is 23.9. The Morgan fingerprint density at radius 2 is 1.62 bits per heavy atom. The van der Waals surface area contributed by atoms with Crippen LogP contribution < -0.4 is 10.6 Å². The number of anilines is 1. The summed E-state index contributed by atoms with van der Waals surface area (Å²) in [5.41, 5.74) is 0.460. The molecule has 2 aliphatic heterocycles. The molecule has 3 N–H and O–H groups in total. The molecule has 0 bridgehead atoms. The number of nitrogens with zero attached hydrogens (tertiary/aromatic N) is 3. The van der Waals surface area contributed by atoms with E-state index in [0.29, 0.717) is 48.5 Å². The summed E-state index contributed by atoms with van der Waals surface area (Å²) >= 11 is 3.07. The number of rotatable bonds is 30. The number of Topliss-reactive ketones (excluding diaryl/α,β-unsaturated/α-hetero) is 2. The summed E-state index contributed by atoms with van der Waals surface area (Å²) in [5, 5.41) is 18.5. The second-order valence-electron chi connectivity index (χ2n) is 19.2. The van der Waals surface area contributed by atoms with Crippen molar-refractivity contribution in [2.75, 3.05) is 72.1 Å². The van der Waals surface area contributed by atoms with Crippen molar-refractivity contribution in [2.24, 2.45) is 29.6 Å². The maximum atomic E-state index is 14.3. The average molecular weight is 990 g/mol. The summed E-state index contributed by atoms with van der Waals surface area (Å²) in [6.07, 6.45) is 0.664. The number of benzene rings is 1. The zero-order valence-corrected chi connectivity index (χ0v) is 44.1. The molecule has 0 aliphatic carbocycles. The molecule has 1 fully saturated rings. The van der Waals surface area contributed by atoms with Crippen molar-refractivity contribution in [3.63, 3.8) is 0 Å². The van der Waals surface area contributed by atoms with Crippen LogP contribution in [-0.2, 0) is 54.2 Å². The number of carboxylic acids is 1. The van der Waals surface area contributed by atoms with Crippen LogP contribution in [0.3, 0.4) is 0 Å². The van der Waals surface area contributed by atoms with Crippen molar-refractivity contribution in [1.29, 1.82) is 0 Å². The Kier molecular flexibility index (Phi) is 24.2. The minimum absolute atomic E-state index is 0.0187. The number of aliphatic carboxylic acids is 1. The predicted molar refractivity (Wildman–Crippen MR) is 268 cm³/mol. The van der Waals surface area contributed by atoms with E-state index in [1.165, 1.54) is 18.9 Å². The highest BCUT2D eigenvalue weighted by atomic mass is 32.2. The quantitative estimate of drug-likeness (QED) is 0.0745. The van der Waals surface area contributed by atoms with Crippen LogP contribution in [-0.4, -0.2) is 158 Å². The lowest BCUT2D eigenvalue weighted by atomic mass is 9.82. The van der Waals surface area contributed by atoms with Crippen LogP contribution in [0.2, 0.25) is 0 Å². The fourth-order valence-electron chi connectivity index (χ4n) is 8.77. The number of amides is 4. The Bertz CT molecular complexity index is 1890. The van der Waals surface area contributed by atoms with Crippen LogP contribution >= 0.6 is 23.5 Å². The van der Waals surface area contributed by atoms with E-state index in [9.17, 15) is 38.7 Å². The highest BCUT2D eigenvalue weighted by Gasteiger charge is 2.44. The molecule has 1 saturated heterocycles. The molecule has 0 radical (unpaired) electrons. The molecule has 18 heteroatoms. The van der Waals surface area contributed by atoms with Gasteiger partial charge in [0.1, 0.15) is 5.78 Å². The third kappa shape index (κ3) is 16.7. The zero-order chi connectivity index (χ0) is 50.9. The van der Waals surface area contributed by atoms with Gasteiger partial charge in [0.15, 0.2) is 5.78 Å². The number of methoxy groups -OCH3 is 2. The molecule has 382 valence electrons. The number of ketones is 2. The largest absolute Gasteiger partial charge is 0.481 e. The lowest BCUT2D eigenvalue weighted by Gasteiger charge is -2.41. The topological polar surface area (TPSA) is 201 Å². The monoisotopic (exact) mass is 990 g/mol. The molecule has 1 aromatic carbocycles. The van der Waals surface area contributed by atoms with E-state index in [-0.39, 0.29) is 92.3 Å². The zero-order valence-electron chi connectivity index (χ0n) is 42.5. The Morgan fingerprint density at radius 1 is 0.941 bits per heavy atom. The number of thioether (sulfide) groups is 2. The van der Waals surface area contributed by atoms with Crippen LogP contribution in [0.15, 0.2) is 34.6 Å². The Hall–Kier alpha value is -3.81. The lowest BCUT2D eigenvalue weighted by Crippen LogP contribution is -2.54. The third-order valence-corrected chi connectivity index (χ3v) is 16.1. The van der Waals surface area contributed by atoms with Crippen molar-refractivity contribution >= 4 is 70.4 Å². The molecule has 3 rings (SSSR count). The molecular weight excluding hydrogens is 911 g/mol. The van der Waals surface area contributed by atoms with Crippen LogP contribution in [0.4, 0.5) is 5.69 Å². The van der Waals surface area contributed by atoms with Gasteiger partial charge in [-0.3, -0.25) is 38.5 Å². The summed E-state index contributed by atoms with van der Waals surface area (Å²) in [4.78, 5) is 99.1. The fourth-order valence-corrected chi connectivity index (χ4v) is 10.8. The smallest absolute Gasteiger partial charge is 0.307 e. The normalized spacial score (nSPS) is 18.3. The minimum atomic E-state index is -1.11. The SMILES string of the molecule is CCC(C)[C@@H](C(CC(=O)N1CCC[C@H]1[C@H](OC)[C@@H](C)C(=O)C[C@@H](Cc1ccc(NC(=O)CCOCCNC(=O)C2=CSCS2)cc1)C(=O)O)OC)N(C)C(=O)[C@@H](CC(=O)C(C)(C)N(C)C)C(C)C. The molecule has 0 spiro atoms. The molecule has 16 nitrogen and oxygen atoms in total. The summed E-state index contributed by atoms with van der Waals surface area (Å²) in [7, 11) is 8.47. The summed E-state index contributed by atoms with van der Waals surface area (Å²) < 4.78 is 17.5. The van der Waals surface area contributed by atoms with Gasteiger partial charge in [0.05, 0.1) is 66.7 Å². The van der Waals surface area contributed by atoms with Crippen LogP contribution in [0.1, 0.15) is 99.0 Å². The van der Waals surface area contributed by atoms with Gasteiger partial charge in [0.2, 0.25) is 17.7 Å². The molecule has 0 saturated carbocycles. The number of hydrogen-bond donors (Lipinski definition) is 3. The molecular formula is C50H79N5O11S2. The van der Waals surface area contributed by atoms with E-state index in [4.69, 9.17) is 14.2 Å². The van der Waals surface area contributed by atoms with Gasteiger partial charge in [0, 0.05) is 69.8 Å². The molecule has 1 aromatic rings. The van der Waals surface area contributed by atoms with Gasteiger partial charge < -0.3 is 39.8 Å². The first-order valence-corrected chi connectivity index (χ1v) is 25.9. The molecule has 8 atom stereocenters. The molecule has 2 heterocycles. The molecule has 2 unspecified atom stereocenters. The van der Waals surface area contributed by atoms with Gasteiger partial charge in [-0.25, -0.2) is 0 Å². The molecule has 2 aliphatic rings. The van der Waals surface area contributed by atoms with Crippen LogP contribution in [0.5, 0.6) is 0 Å². The molecule has 0 aromatic heterocycles. The van der Waals surface area contributed by atoms with Crippen molar-refractivity contribution in [3.8, 4) is 0 Å². The van der Waals surface area contributed by atoms with Crippen LogP contribution in [0, 0.1) is 29.6 Å². The summed E-state index contributed by atoms with van der Waals surface area (Å²) in [6, 6.07) is 5.90. The Morgan fingerprint density at radius 3 is 2.18 bits per heavy atom. The summed E-state index contributed by atoms with van der Waals surface area (Å²) in [5.74, 6) is -4.65. The number of carbonyl (C=O) groups excluding carboxylic acids is 6. The van der Waals surface area contributed by atoms with Gasteiger partial charge in [-0.1, -0.05) is 53.2 Å². The van der Waals surface area contributed by atoms with Crippen molar-refractivity contribution < 1.29 is 52.9 Å². The van der Waals surface area contributed by atoms with Crippen molar-refractivity contribution in [2.45, 2.75) is 130 Å². The number of nitrogens with one attached hydrogen (secondary N) is 2. The Labute approximate surface area is 413 Å². The predicted octanol–water partition coefficient (Wildman–Crippen LogP) is 6.12. The van der Waals surface area contributed by atoms with E-state index in [0.717, 1.165) is 5.08 Å². The van der Waals surface area contributed by atoms with Gasteiger partial charge in [-0.05, 0) is 82.1 Å². The van der Waals surface area contributed by atoms with Gasteiger partial charge >= 0.3 is 5.97 Å². The van der Waals surface area contributed by atoms with Crippen LogP contribution in [0.25, 0.3) is 0 Å². The summed E-state index contributed by atoms with van der Waals surface area (Å²) in [6.45, 7) is 14.6. The van der Waals surface area contributed by atoms with E-state index in [1.807, 2.05) is 65.9 Å². The van der Waals surface area contributed by atoms with E-state index in [1.54, 1.807) is 66.9 Å². The number of ether oxygens (including phenoxy) is 3. The standard InChI is InChI=1S/C50H79N5O11S2/c1-13-32(4)45(54(10)48(61)37(31(2)3)27-42(57)50(6,7)53(8)9)40(64-11)28-44(59)55-22-14-15-38(55)46(65-12)33(5)39(56)26-35(49(62)63)25-34-16-18-36(19-17-34)52-43(58)20-23-66-24-21-51-47(60)41-29-67-30-68-41/h16-19,29,31-33,35,37-38,40,45-46H,13-15,20-28,30H2,1-12H3,(H,51,60)(H,52,58)(H,62,63)/t32?,33-,35+,37-,38-,40?,45-,46+/m0/s1. The first kappa shape index (κ1) is 58.5. The molecule has 4 amide bonds. The van der Waals surface area contributed by atoms with Gasteiger partial charge in [-0.15, -0.1) is 23.5 Å². The fraction of sp³-hybridized carbons (Fsp3) is 0.700. The second kappa shape index (κ2) is 28.1. The number of carbonyl (C=O) groups is 7. The first-order chi connectivity index (χ1) is 32.1. The minimum Gasteiger partial charge on any atom is -0.481 e. The number of likely N-dealkylation sites (N-methyl/N-ethyl adjacent to an activating group) is 2. The molecule has 68 heavy (non-hydrogen) atoms. The third-order valence-electron chi connectivity index (χ3n) is 13.9. The van der Waals surface area contributed by atoms with E-state index in [2.05, 4.69) is 10.6 Å². The average Bonchev–Trinajstić information content (AvgIpc) is 4.03. The van der Waals surface area contributed by atoms with E-state index >= 15 is 0 Å². The lowest BCUT2D eigenvalue weighted by molar-refractivity contribution is -0.149. The highest BCUT2D eigenvalue weighted by molar-refractivity contribution is 8.22. The van der Waals surface area contributed by atoms with E-state index < -0.39 is 53.6 Å². The maximum absolute atomic E-state index is 14.3. The van der Waals surface area contributed by atoms with Gasteiger partial charge in [0.25, 0.3) is 5.91 Å². The second-order valence-corrected chi connectivity index (χ2v) is 21.4. The number of carboxylic acid groups (broad SMARTS) is 1. The number of likely N-dealkylation sites (tertiary alicyclic amines) is 1.